The van der Waals surface area contributed by atoms with Gasteiger partial charge in [-0.1, -0.05) is 0 Å². The van der Waals surface area contributed by atoms with Gasteiger partial charge in [0, 0.05) is 32.7 Å². The molecule has 0 spiro atoms. The summed E-state index contributed by atoms with van der Waals surface area (Å²) in [5.41, 5.74) is -0.695. The molecule has 23 heavy (non-hydrogen) atoms. The first kappa shape index (κ1) is 17.0. The number of fused-ring (bicyclic) bond motifs is 3. The number of rotatable bonds is 3. The van der Waals surface area contributed by atoms with Gasteiger partial charge in [0.15, 0.2) is 0 Å². The van der Waals surface area contributed by atoms with Crippen LogP contribution in [0.3, 0.4) is 0 Å². The molecule has 1 saturated carbocycles. The quantitative estimate of drug-likeness (QED) is 0.823. The predicted molar refractivity (Wildman–Crippen MR) is 88.6 cm³/mol. The summed E-state index contributed by atoms with van der Waals surface area (Å²) in [6, 6.07) is 0. The highest BCUT2D eigenvalue weighted by atomic mass is 16.6. The van der Waals surface area contributed by atoms with E-state index in [1.807, 2.05) is 20.8 Å². The van der Waals surface area contributed by atoms with Crippen LogP contribution < -0.4 is 10.6 Å². The SMILES string of the molecule is CC(C)(C)OC(=O)NC12CCC(CN3CCNCC3)(CC1)OC2. The van der Waals surface area contributed by atoms with Crippen molar-refractivity contribution in [1.82, 2.24) is 15.5 Å². The van der Waals surface area contributed by atoms with Crippen LogP contribution in [-0.2, 0) is 9.47 Å². The van der Waals surface area contributed by atoms with Crippen LogP contribution in [0.15, 0.2) is 0 Å². The first-order valence-electron chi connectivity index (χ1n) is 8.88. The fraction of sp³-hybridized carbons (Fsp3) is 0.941. The molecule has 0 aromatic rings. The Morgan fingerprint density at radius 2 is 1.87 bits per heavy atom. The summed E-state index contributed by atoms with van der Waals surface area (Å²) in [5, 5.41) is 6.48. The summed E-state index contributed by atoms with van der Waals surface area (Å²) in [7, 11) is 0. The molecule has 1 aliphatic carbocycles. The van der Waals surface area contributed by atoms with Gasteiger partial charge in [0.25, 0.3) is 0 Å². The third kappa shape index (κ3) is 4.17. The molecule has 2 N–H and O–H groups in total. The molecule has 6 nitrogen and oxygen atoms in total. The van der Waals surface area contributed by atoms with Gasteiger partial charge in [-0.2, -0.15) is 0 Å². The van der Waals surface area contributed by atoms with Gasteiger partial charge >= 0.3 is 6.09 Å². The van der Waals surface area contributed by atoms with E-state index in [1.54, 1.807) is 0 Å². The lowest BCUT2D eigenvalue weighted by Crippen LogP contribution is -2.66. The molecule has 6 heteroatoms. The van der Waals surface area contributed by atoms with Crippen molar-refractivity contribution in [2.45, 2.75) is 63.2 Å². The zero-order valence-electron chi connectivity index (χ0n) is 14.7. The van der Waals surface area contributed by atoms with Gasteiger partial charge in [0.1, 0.15) is 5.60 Å². The first-order valence-corrected chi connectivity index (χ1v) is 8.88. The summed E-state index contributed by atoms with van der Waals surface area (Å²) in [6.07, 6.45) is 3.69. The largest absolute Gasteiger partial charge is 0.444 e. The molecular weight excluding hydrogens is 294 g/mol. The number of hydrogen-bond acceptors (Lipinski definition) is 5. The van der Waals surface area contributed by atoms with E-state index in [4.69, 9.17) is 9.47 Å². The zero-order chi connectivity index (χ0) is 16.6. The highest BCUT2D eigenvalue weighted by molar-refractivity contribution is 5.69. The van der Waals surface area contributed by atoms with Crippen molar-refractivity contribution in [3.8, 4) is 0 Å². The molecule has 0 aromatic carbocycles. The molecule has 0 aromatic heterocycles. The molecule has 0 atom stereocenters. The fourth-order valence-corrected chi connectivity index (χ4v) is 3.93. The molecule has 2 bridgehead atoms. The van der Waals surface area contributed by atoms with Gasteiger partial charge in [-0.3, -0.25) is 4.90 Å². The standard InChI is InChI=1S/C17H31N3O3/c1-15(2,3)23-14(21)19-16-4-6-17(7-5-16,22-13-16)12-20-10-8-18-9-11-20/h18H,4-13H2,1-3H3,(H,19,21). The van der Waals surface area contributed by atoms with Crippen LogP contribution in [0.5, 0.6) is 0 Å². The smallest absolute Gasteiger partial charge is 0.408 e. The van der Waals surface area contributed by atoms with E-state index in [9.17, 15) is 4.79 Å². The minimum Gasteiger partial charge on any atom is -0.444 e. The van der Waals surface area contributed by atoms with Crippen LogP contribution in [0.25, 0.3) is 0 Å². The maximum Gasteiger partial charge on any atom is 0.408 e. The number of alkyl carbamates (subject to hydrolysis) is 1. The molecule has 4 rings (SSSR count). The maximum absolute atomic E-state index is 12.1. The minimum atomic E-state index is -0.461. The van der Waals surface area contributed by atoms with Gasteiger partial charge < -0.3 is 20.1 Å². The third-order valence-corrected chi connectivity index (χ3v) is 5.26. The van der Waals surface area contributed by atoms with E-state index in [2.05, 4.69) is 15.5 Å². The lowest BCUT2D eigenvalue weighted by atomic mass is 9.71. The van der Waals surface area contributed by atoms with E-state index in [1.165, 1.54) is 0 Å². The zero-order valence-corrected chi connectivity index (χ0v) is 14.7. The number of nitrogens with zero attached hydrogens (tertiary/aromatic N) is 1. The van der Waals surface area contributed by atoms with Crippen LogP contribution in [0.4, 0.5) is 4.79 Å². The predicted octanol–water partition coefficient (Wildman–Crippen LogP) is 1.50. The summed E-state index contributed by atoms with van der Waals surface area (Å²) in [4.78, 5) is 14.6. The van der Waals surface area contributed by atoms with Crippen molar-refractivity contribution in [2.24, 2.45) is 0 Å². The van der Waals surface area contributed by atoms with Gasteiger partial charge in [-0.05, 0) is 46.5 Å². The van der Waals surface area contributed by atoms with E-state index in [0.717, 1.165) is 58.4 Å². The molecule has 4 fully saturated rings. The molecule has 132 valence electrons. The Hall–Kier alpha value is -0.850. The Balaban J connectivity index is 1.53. The second kappa shape index (κ2) is 6.22. The van der Waals surface area contributed by atoms with E-state index < -0.39 is 5.60 Å². The normalized spacial score (nSPS) is 35.1. The van der Waals surface area contributed by atoms with Crippen molar-refractivity contribution >= 4 is 6.09 Å². The van der Waals surface area contributed by atoms with E-state index in [0.29, 0.717) is 6.61 Å². The molecule has 3 aliphatic heterocycles. The number of piperazine rings is 1. The molecule has 3 heterocycles. The Bertz CT molecular complexity index is 416. The second-order valence-electron chi connectivity index (χ2n) is 8.41. The van der Waals surface area contributed by atoms with Crippen molar-refractivity contribution in [3.05, 3.63) is 0 Å². The maximum atomic E-state index is 12.1. The monoisotopic (exact) mass is 325 g/mol. The van der Waals surface area contributed by atoms with Crippen LogP contribution in [0.2, 0.25) is 0 Å². The van der Waals surface area contributed by atoms with Gasteiger partial charge in [-0.15, -0.1) is 0 Å². The Morgan fingerprint density at radius 3 is 2.39 bits per heavy atom. The molecule has 3 saturated heterocycles. The second-order valence-corrected chi connectivity index (χ2v) is 8.41. The van der Waals surface area contributed by atoms with Crippen molar-refractivity contribution in [3.63, 3.8) is 0 Å². The third-order valence-electron chi connectivity index (χ3n) is 5.26. The topological polar surface area (TPSA) is 62.8 Å². The lowest BCUT2D eigenvalue weighted by molar-refractivity contribution is -0.170. The van der Waals surface area contributed by atoms with Crippen LogP contribution in [0.1, 0.15) is 46.5 Å². The molecular formula is C17H31N3O3. The van der Waals surface area contributed by atoms with Gasteiger partial charge in [-0.25, -0.2) is 4.79 Å². The number of hydrogen-bond donors (Lipinski definition) is 2. The summed E-state index contributed by atoms with van der Waals surface area (Å²) < 4.78 is 11.7. The van der Waals surface area contributed by atoms with Crippen molar-refractivity contribution < 1.29 is 14.3 Å². The molecule has 1 amide bonds. The Labute approximate surface area is 139 Å². The number of ether oxygens (including phenoxy) is 2. The highest BCUT2D eigenvalue weighted by Crippen LogP contribution is 2.44. The average molecular weight is 325 g/mol. The van der Waals surface area contributed by atoms with Gasteiger partial charge in [0.05, 0.1) is 17.7 Å². The molecule has 0 unspecified atom stereocenters. The van der Waals surface area contributed by atoms with E-state index >= 15 is 0 Å². The van der Waals surface area contributed by atoms with Gasteiger partial charge in [0.2, 0.25) is 0 Å². The van der Waals surface area contributed by atoms with Crippen LogP contribution in [0, 0.1) is 0 Å². The number of carbonyl (C=O) groups is 1. The number of nitrogens with one attached hydrogen (secondary N) is 2. The lowest BCUT2D eigenvalue weighted by Gasteiger charge is -2.54. The summed E-state index contributed by atoms with van der Waals surface area (Å²) in [5.74, 6) is 0. The number of amides is 1. The van der Waals surface area contributed by atoms with Crippen LogP contribution >= 0.6 is 0 Å². The van der Waals surface area contributed by atoms with Crippen molar-refractivity contribution in [2.75, 3.05) is 39.3 Å². The summed E-state index contributed by atoms with van der Waals surface area (Å²) >= 11 is 0. The first-order chi connectivity index (χ1) is 10.8. The molecule has 0 radical (unpaired) electrons. The molecule has 4 aliphatic rings. The van der Waals surface area contributed by atoms with Crippen molar-refractivity contribution in [1.29, 1.82) is 0 Å². The van der Waals surface area contributed by atoms with E-state index in [-0.39, 0.29) is 17.2 Å². The fourth-order valence-electron chi connectivity index (χ4n) is 3.93. The minimum absolute atomic E-state index is 0.00526. The number of carbonyl (C=O) groups excluding carboxylic acids is 1. The highest BCUT2D eigenvalue weighted by Gasteiger charge is 2.51. The Morgan fingerprint density at radius 1 is 1.22 bits per heavy atom. The van der Waals surface area contributed by atoms with Crippen LogP contribution in [-0.4, -0.2) is 67.1 Å². The summed E-state index contributed by atoms with van der Waals surface area (Å²) in [6.45, 7) is 11.7. The Kier molecular flexibility index (Phi) is 4.60. The average Bonchev–Trinajstić information content (AvgIpc) is 2.48.